The Morgan fingerprint density at radius 2 is 1.71 bits per heavy atom. The average molecular weight is 280 g/mol. The summed E-state index contributed by atoms with van der Waals surface area (Å²) in [7, 11) is 0. The van der Waals surface area contributed by atoms with Gasteiger partial charge in [0.05, 0.1) is 6.04 Å². The Bertz CT molecular complexity index is 523. The molecule has 2 atom stereocenters. The second kappa shape index (κ2) is 5.98. The molecular formula is C19H24N2. The molecule has 2 heteroatoms. The van der Waals surface area contributed by atoms with Crippen molar-refractivity contribution in [1.82, 2.24) is 10.3 Å². The number of aromatic nitrogens is 1. The molecule has 0 spiro atoms. The molecule has 1 heterocycles. The topological polar surface area (TPSA) is 24.9 Å². The third-order valence-corrected chi connectivity index (χ3v) is 4.54. The molecule has 2 nitrogen and oxygen atoms in total. The normalized spacial score (nSPS) is 22.1. The minimum absolute atomic E-state index is 0.257. The largest absolute Gasteiger partial charge is 0.303 e. The van der Waals surface area contributed by atoms with Gasteiger partial charge in [-0.1, -0.05) is 44.2 Å². The summed E-state index contributed by atoms with van der Waals surface area (Å²) in [6.07, 6.45) is 7.59. The summed E-state index contributed by atoms with van der Waals surface area (Å²) < 4.78 is 0. The fraction of sp³-hybridized carbons (Fsp3) is 0.421. The molecule has 0 aliphatic heterocycles. The van der Waals surface area contributed by atoms with Crippen LogP contribution in [0.2, 0.25) is 0 Å². The molecule has 110 valence electrons. The molecule has 1 fully saturated rings. The van der Waals surface area contributed by atoms with Gasteiger partial charge in [-0.15, -0.1) is 0 Å². The maximum atomic E-state index is 4.15. The molecule has 1 aliphatic carbocycles. The third-order valence-electron chi connectivity index (χ3n) is 4.54. The van der Waals surface area contributed by atoms with Crippen LogP contribution >= 0.6 is 0 Å². The summed E-state index contributed by atoms with van der Waals surface area (Å²) in [5.41, 5.74) is 3.09. The van der Waals surface area contributed by atoms with Crippen LogP contribution in [0.1, 0.15) is 50.3 Å². The zero-order valence-electron chi connectivity index (χ0n) is 12.9. The predicted molar refractivity (Wildman–Crippen MR) is 87.1 cm³/mol. The van der Waals surface area contributed by atoms with E-state index in [1.54, 1.807) is 0 Å². The van der Waals surface area contributed by atoms with Gasteiger partial charge in [0.15, 0.2) is 0 Å². The van der Waals surface area contributed by atoms with Gasteiger partial charge in [-0.2, -0.15) is 0 Å². The van der Waals surface area contributed by atoms with E-state index in [0.717, 1.165) is 0 Å². The van der Waals surface area contributed by atoms with Gasteiger partial charge in [0, 0.05) is 18.4 Å². The monoisotopic (exact) mass is 280 g/mol. The molecule has 1 N–H and O–H groups in total. The Hall–Kier alpha value is -1.67. The lowest BCUT2D eigenvalue weighted by Crippen LogP contribution is -2.32. The Balaban J connectivity index is 1.84. The van der Waals surface area contributed by atoms with E-state index < -0.39 is 0 Å². The Kier molecular flexibility index (Phi) is 4.07. The highest BCUT2D eigenvalue weighted by Crippen LogP contribution is 2.38. The van der Waals surface area contributed by atoms with Crippen molar-refractivity contribution in [3.8, 4) is 0 Å². The molecule has 1 saturated carbocycles. The summed E-state index contributed by atoms with van der Waals surface area (Å²) in [6, 6.07) is 15.8. The molecule has 0 saturated heterocycles. The Labute approximate surface area is 127 Å². The molecular weight excluding hydrogens is 256 g/mol. The van der Waals surface area contributed by atoms with Crippen LogP contribution in [-0.2, 0) is 0 Å². The molecule has 3 rings (SSSR count). The predicted octanol–water partition coefficient (Wildman–Crippen LogP) is 4.34. The van der Waals surface area contributed by atoms with Crippen LogP contribution in [0.3, 0.4) is 0 Å². The molecule has 0 amide bonds. The van der Waals surface area contributed by atoms with Crippen molar-refractivity contribution >= 4 is 0 Å². The van der Waals surface area contributed by atoms with Gasteiger partial charge in [-0.3, -0.25) is 4.98 Å². The van der Waals surface area contributed by atoms with Crippen molar-refractivity contribution < 1.29 is 0 Å². The van der Waals surface area contributed by atoms with Gasteiger partial charge in [-0.25, -0.2) is 0 Å². The van der Waals surface area contributed by atoms with Gasteiger partial charge in [0.2, 0.25) is 0 Å². The van der Waals surface area contributed by atoms with E-state index in [0.29, 0.717) is 11.5 Å². The van der Waals surface area contributed by atoms with Crippen LogP contribution < -0.4 is 5.32 Å². The SMILES string of the molecule is CC1(C)CCC(NC(c2ccccc2)c2ccncc2)C1. The number of rotatable bonds is 4. The van der Waals surface area contributed by atoms with Gasteiger partial charge >= 0.3 is 0 Å². The average Bonchev–Trinajstić information content (AvgIpc) is 2.86. The van der Waals surface area contributed by atoms with Crippen molar-refractivity contribution in [2.24, 2.45) is 5.41 Å². The molecule has 1 aromatic heterocycles. The number of benzene rings is 1. The third kappa shape index (κ3) is 3.51. The maximum Gasteiger partial charge on any atom is 0.0579 e. The van der Waals surface area contributed by atoms with E-state index in [-0.39, 0.29) is 6.04 Å². The maximum absolute atomic E-state index is 4.15. The number of nitrogens with zero attached hydrogens (tertiary/aromatic N) is 1. The molecule has 2 aromatic rings. The fourth-order valence-corrected chi connectivity index (χ4v) is 3.40. The first-order chi connectivity index (χ1) is 10.1. The number of pyridine rings is 1. The molecule has 21 heavy (non-hydrogen) atoms. The van der Waals surface area contributed by atoms with E-state index in [4.69, 9.17) is 0 Å². The molecule has 0 radical (unpaired) electrons. The van der Waals surface area contributed by atoms with Crippen molar-refractivity contribution in [1.29, 1.82) is 0 Å². The molecule has 2 unspecified atom stereocenters. The molecule has 1 aliphatic rings. The van der Waals surface area contributed by atoms with Crippen molar-refractivity contribution in [2.75, 3.05) is 0 Å². The van der Waals surface area contributed by atoms with Gasteiger partial charge < -0.3 is 5.32 Å². The number of hydrogen-bond donors (Lipinski definition) is 1. The summed E-state index contributed by atoms with van der Waals surface area (Å²) in [6.45, 7) is 4.75. The Morgan fingerprint density at radius 1 is 1.05 bits per heavy atom. The first-order valence-corrected chi connectivity index (χ1v) is 7.85. The quantitative estimate of drug-likeness (QED) is 0.901. The second-order valence-corrected chi connectivity index (χ2v) is 6.89. The van der Waals surface area contributed by atoms with Crippen LogP contribution in [-0.4, -0.2) is 11.0 Å². The second-order valence-electron chi connectivity index (χ2n) is 6.89. The van der Waals surface area contributed by atoms with E-state index in [1.165, 1.54) is 30.4 Å². The molecule has 1 aromatic carbocycles. The highest BCUT2D eigenvalue weighted by atomic mass is 15.0. The van der Waals surface area contributed by atoms with Crippen LogP contribution in [0.25, 0.3) is 0 Å². The highest BCUT2D eigenvalue weighted by Gasteiger charge is 2.32. The van der Waals surface area contributed by atoms with Crippen LogP contribution in [0, 0.1) is 5.41 Å². The molecule has 0 bridgehead atoms. The summed E-state index contributed by atoms with van der Waals surface area (Å²) in [5.74, 6) is 0. The van der Waals surface area contributed by atoms with Crippen molar-refractivity contribution in [3.63, 3.8) is 0 Å². The van der Waals surface area contributed by atoms with Gasteiger partial charge in [0.25, 0.3) is 0 Å². The van der Waals surface area contributed by atoms with Gasteiger partial charge in [-0.05, 0) is 47.9 Å². The smallest absolute Gasteiger partial charge is 0.0579 e. The lowest BCUT2D eigenvalue weighted by Gasteiger charge is -2.25. The summed E-state index contributed by atoms with van der Waals surface area (Å²) in [4.78, 5) is 4.15. The first-order valence-electron chi connectivity index (χ1n) is 7.85. The summed E-state index contributed by atoms with van der Waals surface area (Å²) in [5, 5.41) is 3.88. The van der Waals surface area contributed by atoms with E-state index in [2.05, 4.69) is 66.6 Å². The van der Waals surface area contributed by atoms with E-state index in [1.807, 2.05) is 12.4 Å². The number of nitrogens with one attached hydrogen (secondary N) is 1. The minimum atomic E-state index is 0.257. The highest BCUT2D eigenvalue weighted by molar-refractivity contribution is 5.30. The van der Waals surface area contributed by atoms with E-state index in [9.17, 15) is 0 Å². The first kappa shape index (κ1) is 14.3. The Morgan fingerprint density at radius 3 is 2.33 bits per heavy atom. The zero-order valence-corrected chi connectivity index (χ0v) is 12.9. The van der Waals surface area contributed by atoms with Crippen LogP contribution in [0.5, 0.6) is 0 Å². The fourth-order valence-electron chi connectivity index (χ4n) is 3.40. The minimum Gasteiger partial charge on any atom is -0.303 e. The number of hydrogen-bond acceptors (Lipinski definition) is 2. The van der Waals surface area contributed by atoms with E-state index >= 15 is 0 Å². The van der Waals surface area contributed by atoms with Crippen LogP contribution in [0.15, 0.2) is 54.9 Å². The zero-order chi connectivity index (χ0) is 14.7. The summed E-state index contributed by atoms with van der Waals surface area (Å²) >= 11 is 0. The van der Waals surface area contributed by atoms with Gasteiger partial charge in [0.1, 0.15) is 0 Å². The lowest BCUT2D eigenvalue weighted by atomic mass is 9.91. The van der Waals surface area contributed by atoms with Crippen molar-refractivity contribution in [3.05, 3.63) is 66.0 Å². The standard InChI is InChI=1S/C19H24N2/c1-19(2)11-8-17(14-19)21-18(15-6-4-3-5-7-15)16-9-12-20-13-10-16/h3-7,9-10,12-13,17-18,21H,8,11,14H2,1-2H3. The lowest BCUT2D eigenvalue weighted by molar-refractivity contribution is 0.359. The van der Waals surface area contributed by atoms with Crippen molar-refractivity contribution in [2.45, 2.75) is 45.2 Å². The van der Waals surface area contributed by atoms with Crippen LogP contribution in [0.4, 0.5) is 0 Å².